The molecule has 0 aliphatic carbocycles. The molecule has 0 bridgehead atoms. The molecule has 2 aromatic heterocycles. The zero-order valence-corrected chi connectivity index (χ0v) is 17.3. The van der Waals surface area contributed by atoms with E-state index in [4.69, 9.17) is 9.47 Å². The predicted molar refractivity (Wildman–Crippen MR) is 112 cm³/mol. The van der Waals surface area contributed by atoms with Crippen LogP contribution < -0.4 is 5.32 Å². The van der Waals surface area contributed by atoms with Crippen LogP contribution in [0.5, 0.6) is 0 Å². The first-order valence-electron chi connectivity index (χ1n) is 10.8. The van der Waals surface area contributed by atoms with Crippen LogP contribution in [-0.2, 0) is 15.9 Å². The highest BCUT2D eigenvalue weighted by molar-refractivity contribution is 5.79. The maximum Gasteiger partial charge on any atom is 0.193 e. The number of nitrogens with one attached hydrogen (secondary N) is 1. The van der Waals surface area contributed by atoms with Crippen molar-refractivity contribution in [3.63, 3.8) is 0 Å². The highest BCUT2D eigenvalue weighted by Gasteiger charge is 2.23. The molecule has 29 heavy (non-hydrogen) atoms. The van der Waals surface area contributed by atoms with Gasteiger partial charge in [0.05, 0.1) is 18.8 Å². The highest BCUT2D eigenvalue weighted by atomic mass is 16.5. The number of fused-ring (bicyclic) bond motifs is 1. The van der Waals surface area contributed by atoms with Gasteiger partial charge < -0.3 is 19.7 Å². The lowest BCUT2D eigenvalue weighted by Gasteiger charge is -2.35. The molecule has 0 amide bonds. The van der Waals surface area contributed by atoms with Crippen molar-refractivity contribution in [1.82, 2.24) is 24.8 Å². The Labute approximate surface area is 172 Å². The Morgan fingerprint density at radius 1 is 1.24 bits per heavy atom. The maximum atomic E-state index is 6.13. The monoisotopic (exact) mass is 400 g/mol. The van der Waals surface area contributed by atoms with Crippen molar-refractivity contribution in [3.8, 4) is 0 Å². The molecule has 1 atom stereocenters. The van der Waals surface area contributed by atoms with Gasteiger partial charge in [0.15, 0.2) is 11.6 Å². The van der Waals surface area contributed by atoms with Gasteiger partial charge >= 0.3 is 0 Å². The summed E-state index contributed by atoms with van der Waals surface area (Å²) in [4.78, 5) is 6.78. The average molecular weight is 401 g/mol. The third-order valence-electron chi connectivity index (χ3n) is 5.76. The number of nitrogens with zero attached hydrogens (tertiary/aromatic N) is 5. The fraction of sp³-hybridized carbons (Fsp3) is 0.667. The summed E-state index contributed by atoms with van der Waals surface area (Å²) in [6.45, 7) is 4.33. The molecule has 1 unspecified atom stereocenters. The van der Waals surface area contributed by atoms with Crippen molar-refractivity contribution in [3.05, 3.63) is 30.2 Å². The molecule has 4 rings (SSSR count). The minimum atomic E-state index is 0.296. The number of aromatic nitrogens is 3. The molecular weight excluding hydrogens is 368 g/mol. The average Bonchev–Trinajstić information content (AvgIpc) is 3.20. The van der Waals surface area contributed by atoms with Gasteiger partial charge in [-0.3, -0.25) is 9.39 Å². The molecule has 8 heteroatoms. The topological polar surface area (TPSA) is 76.3 Å². The highest BCUT2D eigenvalue weighted by Crippen LogP contribution is 2.18. The van der Waals surface area contributed by atoms with Gasteiger partial charge in [0, 0.05) is 45.9 Å². The van der Waals surface area contributed by atoms with Crippen LogP contribution in [0.15, 0.2) is 29.4 Å². The lowest BCUT2D eigenvalue weighted by molar-refractivity contribution is -0.0721. The van der Waals surface area contributed by atoms with E-state index in [1.54, 1.807) is 0 Å². The number of likely N-dealkylation sites (tertiary alicyclic amines) is 1. The molecular formula is C21H32N6O2. The van der Waals surface area contributed by atoms with Gasteiger partial charge in [-0.2, -0.15) is 0 Å². The number of guanidine groups is 1. The van der Waals surface area contributed by atoms with E-state index in [2.05, 4.69) is 25.4 Å². The first kappa shape index (κ1) is 20.1. The van der Waals surface area contributed by atoms with Crippen LogP contribution in [0.25, 0.3) is 5.65 Å². The van der Waals surface area contributed by atoms with Gasteiger partial charge in [-0.05, 0) is 44.2 Å². The Kier molecular flexibility index (Phi) is 6.95. The SMILES string of the molecule is CN=C(NCCc1nnc2ccccn12)N1CCC(OCC2CCCCO2)CC1. The molecule has 0 saturated carbocycles. The molecule has 2 saturated heterocycles. The van der Waals surface area contributed by atoms with E-state index in [0.717, 1.165) is 76.0 Å². The summed E-state index contributed by atoms with van der Waals surface area (Å²) in [7, 11) is 1.85. The fourth-order valence-corrected chi connectivity index (χ4v) is 4.10. The summed E-state index contributed by atoms with van der Waals surface area (Å²) in [5.41, 5.74) is 0.882. The zero-order valence-electron chi connectivity index (χ0n) is 17.3. The molecule has 0 spiro atoms. The first-order valence-corrected chi connectivity index (χ1v) is 10.8. The van der Waals surface area contributed by atoms with Gasteiger partial charge in [-0.15, -0.1) is 10.2 Å². The van der Waals surface area contributed by atoms with Crippen LogP contribution in [0.3, 0.4) is 0 Å². The van der Waals surface area contributed by atoms with E-state index in [9.17, 15) is 0 Å². The van der Waals surface area contributed by atoms with Crippen molar-refractivity contribution in [2.24, 2.45) is 4.99 Å². The predicted octanol–water partition coefficient (Wildman–Crippen LogP) is 1.90. The summed E-state index contributed by atoms with van der Waals surface area (Å²) in [6.07, 6.45) is 9.07. The fourth-order valence-electron chi connectivity index (χ4n) is 4.10. The van der Waals surface area contributed by atoms with E-state index in [1.165, 1.54) is 12.8 Å². The molecule has 8 nitrogen and oxygen atoms in total. The van der Waals surface area contributed by atoms with E-state index in [-0.39, 0.29) is 0 Å². The normalized spacial score (nSPS) is 21.6. The van der Waals surface area contributed by atoms with Crippen LogP contribution >= 0.6 is 0 Å². The van der Waals surface area contributed by atoms with Crippen molar-refractivity contribution in [2.75, 3.05) is 39.9 Å². The Hall–Kier alpha value is -2.19. The molecule has 2 aliphatic heterocycles. The van der Waals surface area contributed by atoms with Crippen molar-refractivity contribution >= 4 is 11.6 Å². The zero-order chi connectivity index (χ0) is 19.9. The van der Waals surface area contributed by atoms with E-state index < -0.39 is 0 Å². The van der Waals surface area contributed by atoms with Gasteiger partial charge in [-0.1, -0.05) is 6.07 Å². The number of rotatable bonds is 6. The van der Waals surface area contributed by atoms with E-state index in [0.29, 0.717) is 12.2 Å². The number of aliphatic imine (C=N–C) groups is 1. The summed E-state index contributed by atoms with van der Waals surface area (Å²) < 4.78 is 13.9. The molecule has 0 radical (unpaired) electrons. The Morgan fingerprint density at radius 3 is 2.93 bits per heavy atom. The second-order valence-electron chi connectivity index (χ2n) is 7.78. The van der Waals surface area contributed by atoms with Crippen LogP contribution in [0, 0.1) is 0 Å². The van der Waals surface area contributed by atoms with Crippen molar-refractivity contribution in [1.29, 1.82) is 0 Å². The number of hydrogen-bond donors (Lipinski definition) is 1. The second-order valence-corrected chi connectivity index (χ2v) is 7.78. The Morgan fingerprint density at radius 2 is 2.14 bits per heavy atom. The van der Waals surface area contributed by atoms with Crippen LogP contribution in [-0.4, -0.2) is 77.6 Å². The molecule has 2 aliphatic rings. The number of piperidine rings is 1. The van der Waals surface area contributed by atoms with Crippen LogP contribution in [0.2, 0.25) is 0 Å². The van der Waals surface area contributed by atoms with Crippen LogP contribution in [0.1, 0.15) is 37.9 Å². The standard InChI is InChI=1S/C21H32N6O2/c1-22-21(23-11-8-20-25-24-19-7-2-4-12-27(19)20)26-13-9-17(10-14-26)29-16-18-6-3-5-15-28-18/h2,4,7,12,17-18H,3,5-6,8-11,13-16H2,1H3,(H,22,23). The third-order valence-corrected chi connectivity index (χ3v) is 5.76. The lowest BCUT2D eigenvalue weighted by atomic mass is 10.1. The summed E-state index contributed by atoms with van der Waals surface area (Å²) in [6, 6.07) is 5.94. The molecule has 1 N–H and O–H groups in total. The molecule has 158 valence electrons. The summed E-state index contributed by atoms with van der Waals surface area (Å²) in [5.74, 6) is 1.91. The quantitative estimate of drug-likeness (QED) is 0.590. The number of hydrogen-bond acceptors (Lipinski definition) is 5. The van der Waals surface area contributed by atoms with Crippen molar-refractivity contribution < 1.29 is 9.47 Å². The maximum absolute atomic E-state index is 6.13. The molecule has 2 aromatic rings. The third kappa shape index (κ3) is 5.25. The van der Waals surface area contributed by atoms with Gasteiger partial charge in [0.25, 0.3) is 0 Å². The minimum absolute atomic E-state index is 0.296. The van der Waals surface area contributed by atoms with E-state index in [1.807, 2.05) is 35.8 Å². The number of pyridine rings is 1. The van der Waals surface area contributed by atoms with Gasteiger partial charge in [0.2, 0.25) is 0 Å². The van der Waals surface area contributed by atoms with Crippen molar-refractivity contribution in [2.45, 2.75) is 50.7 Å². The minimum Gasteiger partial charge on any atom is -0.376 e. The Bertz CT molecular complexity index is 793. The molecule has 0 aromatic carbocycles. The smallest absolute Gasteiger partial charge is 0.193 e. The second kappa shape index (κ2) is 10.0. The molecule has 4 heterocycles. The van der Waals surface area contributed by atoms with Gasteiger partial charge in [-0.25, -0.2) is 0 Å². The van der Waals surface area contributed by atoms with Gasteiger partial charge in [0.1, 0.15) is 5.82 Å². The summed E-state index contributed by atoms with van der Waals surface area (Å²) >= 11 is 0. The Balaban J connectivity index is 1.19. The summed E-state index contributed by atoms with van der Waals surface area (Å²) in [5, 5.41) is 12.0. The van der Waals surface area contributed by atoms with E-state index >= 15 is 0 Å². The largest absolute Gasteiger partial charge is 0.376 e. The first-order chi connectivity index (χ1) is 14.3. The lowest BCUT2D eigenvalue weighted by Crippen LogP contribution is -2.47. The molecule has 2 fully saturated rings. The van der Waals surface area contributed by atoms with Crippen LogP contribution in [0.4, 0.5) is 0 Å². The number of ether oxygens (including phenoxy) is 2.